The van der Waals surface area contributed by atoms with Crippen LogP contribution in [0.3, 0.4) is 0 Å². The predicted octanol–water partition coefficient (Wildman–Crippen LogP) is 2.77. The third-order valence-corrected chi connectivity index (χ3v) is 3.80. The molecule has 0 aliphatic rings. The summed E-state index contributed by atoms with van der Waals surface area (Å²) in [5.41, 5.74) is 7.61. The summed E-state index contributed by atoms with van der Waals surface area (Å²) in [6.45, 7) is 0.184. The summed E-state index contributed by atoms with van der Waals surface area (Å²) < 4.78 is 6.12. The topological polar surface area (TPSA) is 72.5 Å². The monoisotopic (exact) mass is 349 g/mol. The van der Waals surface area contributed by atoms with Crippen LogP contribution in [-0.2, 0) is 22.6 Å². The van der Waals surface area contributed by atoms with Crippen LogP contribution in [0.15, 0.2) is 53.0 Å². The highest BCUT2D eigenvalue weighted by molar-refractivity contribution is 9.10. The van der Waals surface area contributed by atoms with Crippen LogP contribution < -0.4 is 5.73 Å². The first-order chi connectivity index (χ1) is 10.1. The second-order valence-corrected chi connectivity index (χ2v) is 5.53. The van der Waals surface area contributed by atoms with Gasteiger partial charge in [-0.05, 0) is 30.2 Å². The first kappa shape index (κ1) is 15.5. The fourth-order valence-corrected chi connectivity index (χ4v) is 2.24. The van der Waals surface area contributed by atoms with E-state index in [1.807, 2.05) is 24.3 Å². The predicted molar refractivity (Wildman–Crippen MR) is 83.7 cm³/mol. The molecule has 2 aromatic carbocycles. The molecule has 21 heavy (non-hydrogen) atoms. The molecule has 1 atom stereocenters. The fraction of sp³-hybridized carbons (Fsp3) is 0.188. The minimum absolute atomic E-state index is 0.184. The van der Waals surface area contributed by atoms with Gasteiger partial charge in [0.2, 0.25) is 0 Å². The van der Waals surface area contributed by atoms with Gasteiger partial charge in [-0.3, -0.25) is 4.79 Å². The number of rotatable bonds is 5. The highest BCUT2D eigenvalue weighted by atomic mass is 79.9. The molecule has 4 nitrogen and oxygen atoms in total. The smallest absolute Gasteiger partial charge is 0.323 e. The van der Waals surface area contributed by atoms with Crippen molar-refractivity contribution < 1.29 is 14.6 Å². The number of benzene rings is 2. The number of esters is 1. The van der Waals surface area contributed by atoms with Gasteiger partial charge in [-0.15, -0.1) is 0 Å². The molecule has 3 N–H and O–H groups in total. The molecule has 1 unspecified atom stereocenters. The van der Waals surface area contributed by atoms with Crippen LogP contribution >= 0.6 is 15.9 Å². The SMILES string of the molecule is NC(Cc1ccc(O)cc1)C(=O)OCc1ccccc1Br. The molecular formula is C16H16BrNO3. The quantitative estimate of drug-likeness (QED) is 0.814. The van der Waals surface area contributed by atoms with E-state index in [0.717, 1.165) is 15.6 Å². The summed E-state index contributed by atoms with van der Waals surface area (Å²) in [6, 6.07) is 13.4. The van der Waals surface area contributed by atoms with Crippen LogP contribution in [0.5, 0.6) is 5.75 Å². The van der Waals surface area contributed by atoms with E-state index in [1.54, 1.807) is 24.3 Å². The molecule has 0 aliphatic heterocycles. The average Bonchev–Trinajstić information content (AvgIpc) is 2.48. The van der Waals surface area contributed by atoms with E-state index in [2.05, 4.69) is 15.9 Å². The van der Waals surface area contributed by atoms with Crippen LogP contribution in [0.4, 0.5) is 0 Å². The Hall–Kier alpha value is -1.85. The van der Waals surface area contributed by atoms with Crippen molar-refractivity contribution in [2.75, 3.05) is 0 Å². The molecule has 0 aromatic heterocycles. The summed E-state index contributed by atoms with van der Waals surface area (Å²) in [5.74, 6) is -0.261. The van der Waals surface area contributed by atoms with Crippen molar-refractivity contribution in [1.29, 1.82) is 0 Å². The van der Waals surface area contributed by atoms with Crippen molar-refractivity contribution in [1.82, 2.24) is 0 Å². The van der Waals surface area contributed by atoms with Gasteiger partial charge < -0.3 is 15.6 Å². The van der Waals surface area contributed by atoms with E-state index in [-0.39, 0.29) is 12.4 Å². The number of phenols is 1. The van der Waals surface area contributed by atoms with E-state index in [9.17, 15) is 9.90 Å². The van der Waals surface area contributed by atoms with Crippen molar-refractivity contribution in [3.63, 3.8) is 0 Å². The Balaban J connectivity index is 1.88. The third kappa shape index (κ3) is 4.58. The van der Waals surface area contributed by atoms with E-state index >= 15 is 0 Å². The Kier molecular flexibility index (Phi) is 5.36. The Morgan fingerprint density at radius 1 is 1.19 bits per heavy atom. The highest BCUT2D eigenvalue weighted by Crippen LogP contribution is 2.17. The van der Waals surface area contributed by atoms with Gasteiger partial charge in [-0.25, -0.2) is 0 Å². The van der Waals surface area contributed by atoms with Gasteiger partial charge in [0.15, 0.2) is 0 Å². The Bertz CT molecular complexity index is 613. The molecular weight excluding hydrogens is 334 g/mol. The molecule has 0 spiro atoms. The number of hydrogen-bond donors (Lipinski definition) is 2. The Labute approximate surface area is 131 Å². The lowest BCUT2D eigenvalue weighted by atomic mass is 10.1. The molecule has 2 aromatic rings. The molecule has 0 amide bonds. The first-order valence-corrected chi connectivity index (χ1v) is 7.29. The zero-order valence-corrected chi connectivity index (χ0v) is 12.9. The van der Waals surface area contributed by atoms with E-state index in [0.29, 0.717) is 6.42 Å². The molecule has 2 rings (SSSR count). The van der Waals surface area contributed by atoms with Crippen LogP contribution in [0.1, 0.15) is 11.1 Å². The average molecular weight is 350 g/mol. The molecule has 0 radical (unpaired) electrons. The number of carbonyl (C=O) groups is 1. The van der Waals surface area contributed by atoms with Gasteiger partial charge in [-0.1, -0.05) is 46.3 Å². The number of halogens is 1. The van der Waals surface area contributed by atoms with E-state index in [1.165, 1.54) is 0 Å². The highest BCUT2D eigenvalue weighted by Gasteiger charge is 2.16. The molecule has 0 saturated heterocycles. The number of phenolic OH excluding ortho intramolecular Hbond substituents is 1. The maximum Gasteiger partial charge on any atom is 0.323 e. The van der Waals surface area contributed by atoms with Gasteiger partial charge in [-0.2, -0.15) is 0 Å². The summed E-state index contributed by atoms with van der Waals surface area (Å²) in [7, 11) is 0. The van der Waals surface area contributed by atoms with Crippen LogP contribution in [0.25, 0.3) is 0 Å². The van der Waals surface area contributed by atoms with Gasteiger partial charge in [0.1, 0.15) is 18.4 Å². The van der Waals surface area contributed by atoms with Crippen molar-refractivity contribution >= 4 is 21.9 Å². The molecule has 0 heterocycles. The van der Waals surface area contributed by atoms with Crippen molar-refractivity contribution in [3.8, 4) is 5.75 Å². The lowest BCUT2D eigenvalue weighted by Crippen LogP contribution is -2.34. The van der Waals surface area contributed by atoms with E-state index in [4.69, 9.17) is 10.5 Å². The molecule has 5 heteroatoms. The van der Waals surface area contributed by atoms with Crippen molar-refractivity contribution in [2.45, 2.75) is 19.1 Å². The normalized spacial score (nSPS) is 11.9. The number of ether oxygens (including phenoxy) is 1. The molecule has 0 bridgehead atoms. The minimum atomic E-state index is -0.725. The maximum absolute atomic E-state index is 11.9. The van der Waals surface area contributed by atoms with Gasteiger partial charge >= 0.3 is 5.97 Å². The second kappa shape index (κ2) is 7.24. The molecule has 0 aliphatic carbocycles. The first-order valence-electron chi connectivity index (χ1n) is 6.50. The molecule has 0 saturated carbocycles. The van der Waals surface area contributed by atoms with Crippen molar-refractivity contribution in [3.05, 3.63) is 64.1 Å². The van der Waals surface area contributed by atoms with E-state index < -0.39 is 12.0 Å². The van der Waals surface area contributed by atoms with Crippen LogP contribution in [-0.4, -0.2) is 17.1 Å². The van der Waals surface area contributed by atoms with Gasteiger partial charge in [0.25, 0.3) is 0 Å². The number of hydrogen-bond acceptors (Lipinski definition) is 4. The summed E-state index contributed by atoms with van der Waals surface area (Å²) in [6.07, 6.45) is 0.370. The molecule has 110 valence electrons. The summed E-state index contributed by atoms with van der Waals surface area (Å²) in [5, 5.41) is 9.21. The molecule has 0 fully saturated rings. The minimum Gasteiger partial charge on any atom is -0.508 e. The second-order valence-electron chi connectivity index (χ2n) is 4.68. The number of carbonyl (C=O) groups excluding carboxylic acids is 1. The summed E-state index contributed by atoms with van der Waals surface area (Å²) in [4.78, 5) is 11.9. The largest absolute Gasteiger partial charge is 0.508 e. The van der Waals surface area contributed by atoms with Crippen molar-refractivity contribution in [2.24, 2.45) is 5.73 Å². The zero-order chi connectivity index (χ0) is 15.2. The van der Waals surface area contributed by atoms with Crippen LogP contribution in [0.2, 0.25) is 0 Å². The maximum atomic E-state index is 11.9. The van der Waals surface area contributed by atoms with Crippen LogP contribution in [0, 0.1) is 0 Å². The Morgan fingerprint density at radius 2 is 1.86 bits per heavy atom. The summed E-state index contributed by atoms with van der Waals surface area (Å²) >= 11 is 3.40. The third-order valence-electron chi connectivity index (χ3n) is 3.02. The lowest BCUT2D eigenvalue weighted by molar-refractivity contribution is -0.146. The lowest BCUT2D eigenvalue weighted by Gasteiger charge is -2.12. The fourth-order valence-electron chi connectivity index (χ4n) is 1.84. The standard InChI is InChI=1S/C16H16BrNO3/c17-14-4-2-1-3-12(14)10-21-16(20)15(18)9-11-5-7-13(19)8-6-11/h1-8,15,19H,9-10,18H2. The Morgan fingerprint density at radius 3 is 2.52 bits per heavy atom. The number of nitrogens with two attached hydrogens (primary N) is 1. The number of aromatic hydroxyl groups is 1. The zero-order valence-electron chi connectivity index (χ0n) is 11.3. The van der Waals surface area contributed by atoms with Gasteiger partial charge in [0, 0.05) is 10.0 Å². The van der Waals surface area contributed by atoms with Gasteiger partial charge in [0.05, 0.1) is 0 Å².